The lowest BCUT2D eigenvalue weighted by atomic mass is 10.2. The third kappa shape index (κ3) is 7.32. The molecule has 19 heavy (non-hydrogen) atoms. The van der Waals surface area contributed by atoms with Gasteiger partial charge in [-0.1, -0.05) is 22.0 Å². The van der Waals surface area contributed by atoms with Crippen LogP contribution in [0.4, 0.5) is 0 Å². The first-order valence-electron chi connectivity index (χ1n) is 5.35. The zero-order chi connectivity index (χ0) is 14.8. The summed E-state index contributed by atoms with van der Waals surface area (Å²) in [5.41, 5.74) is 10.5. The van der Waals surface area contributed by atoms with Crippen molar-refractivity contribution < 1.29 is 19.1 Å². The zero-order valence-corrected chi connectivity index (χ0v) is 11.9. The number of rotatable bonds is 4. The summed E-state index contributed by atoms with van der Waals surface area (Å²) in [6, 6.07) is 5.84. The van der Waals surface area contributed by atoms with Crippen LogP contribution in [0.5, 0.6) is 0 Å². The second-order valence-electron chi connectivity index (χ2n) is 3.29. The number of esters is 1. The smallest absolute Gasteiger partial charge is 0.330 e. The lowest BCUT2D eigenvalue weighted by Gasteiger charge is -2.01. The quantitative estimate of drug-likeness (QED) is 0.477. The fraction of sp³-hybridized carbons (Fsp3) is 0.250. The van der Waals surface area contributed by atoms with Gasteiger partial charge in [0.05, 0.1) is 6.61 Å². The Hall–Kier alpha value is -1.73. The van der Waals surface area contributed by atoms with Crippen molar-refractivity contribution in [2.24, 2.45) is 11.5 Å². The predicted octanol–water partition coefficient (Wildman–Crippen LogP) is 0.624. The average Bonchev–Trinajstić information content (AvgIpc) is 2.38. The summed E-state index contributed by atoms with van der Waals surface area (Å²) in [7, 11) is 0. The first-order chi connectivity index (χ1) is 8.92. The molecule has 7 heteroatoms. The Morgan fingerprint density at radius 1 is 1.47 bits per heavy atom. The standard InChI is InChI=1S/C7H6BrNO.C5H9NO3/c8-6-3-1-2-5(4-6)7(9)10;1-2-9-5(8)4(6)3-7/h1-4H,(H2,9,10);3-4H,2,6H2,1H3. The molecule has 1 rings (SSSR count). The summed E-state index contributed by atoms with van der Waals surface area (Å²) in [5, 5.41) is 0. The van der Waals surface area contributed by atoms with Crippen LogP contribution in [0.3, 0.4) is 0 Å². The summed E-state index contributed by atoms with van der Waals surface area (Å²) in [6.45, 7) is 1.90. The van der Waals surface area contributed by atoms with Crippen molar-refractivity contribution in [3.8, 4) is 0 Å². The molecule has 0 aliphatic carbocycles. The van der Waals surface area contributed by atoms with Crippen LogP contribution in [-0.2, 0) is 14.3 Å². The molecule has 0 saturated heterocycles. The third-order valence-electron chi connectivity index (χ3n) is 1.81. The average molecular weight is 331 g/mol. The van der Waals surface area contributed by atoms with E-state index in [9.17, 15) is 14.4 Å². The summed E-state index contributed by atoms with van der Waals surface area (Å²) >= 11 is 3.22. The molecule has 104 valence electrons. The van der Waals surface area contributed by atoms with Crippen LogP contribution in [0.25, 0.3) is 0 Å². The molecule has 0 saturated carbocycles. The fourth-order valence-electron chi connectivity index (χ4n) is 0.936. The van der Waals surface area contributed by atoms with Gasteiger partial charge in [0.15, 0.2) is 6.04 Å². The van der Waals surface area contributed by atoms with E-state index in [4.69, 9.17) is 11.5 Å². The van der Waals surface area contributed by atoms with Crippen LogP contribution >= 0.6 is 15.9 Å². The van der Waals surface area contributed by atoms with Gasteiger partial charge in [-0.25, -0.2) is 4.79 Å². The minimum absolute atomic E-state index is 0.250. The monoisotopic (exact) mass is 330 g/mol. The normalized spacial score (nSPS) is 10.7. The number of primary amides is 1. The van der Waals surface area contributed by atoms with E-state index in [0.29, 0.717) is 11.8 Å². The van der Waals surface area contributed by atoms with Crippen molar-refractivity contribution in [2.75, 3.05) is 6.61 Å². The van der Waals surface area contributed by atoms with E-state index in [1.165, 1.54) is 0 Å². The Morgan fingerprint density at radius 2 is 2.11 bits per heavy atom. The van der Waals surface area contributed by atoms with Gasteiger partial charge < -0.3 is 21.0 Å². The molecule has 1 atom stereocenters. The van der Waals surface area contributed by atoms with Gasteiger partial charge in [0.1, 0.15) is 6.29 Å². The number of carbonyl (C=O) groups is 3. The Bertz CT molecular complexity index is 451. The van der Waals surface area contributed by atoms with Gasteiger partial charge in [0.2, 0.25) is 5.91 Å². The van der Waals surface area contributed by atoms with Gasteiger partial charge in [0, 0.05) is 10.0 Å². The SMILES string of the molecule is CCOC(=O)C(N)C=O.NC(=O)c1cccc(Br)c1. The molecule has 0 aliphatic rings. The Morgan fingerprint density at radius 3 is 2.47 bits per heavy atom. The van der Waals surface area contributed by atoms with Crippen molar-refractivity contribution in [1.82, 2.24) is 0 Å². The van der Waals surface area contributed by atoms with Gasteiger partial charge in [-0.2, -0.15) is 0 Å². The largest absolute Gasteiger partial charge is 0.464 e. The Kier molecular flexibility index (Phi) is 8.39. The first-order valence-corrected chi connectivity index (χ1v) is 6.14. The minimum atomic E-state index is -1.12. The lowest BCUT2D eigenvalue weighted by Crippen LogP contribution is -2.33. The molecule has 0 bridgehead atoms. The number of nitrogens with two attached hydrogens (primary N) is 2. The summed E-state index contributed by atoms with van der Waals surface area (Å²) in [4.78, 5) is 30.7. The van der Waals surface area contributed by atoms with Crippen molar-refractivity contribution in [2.45, 2.75) is 13.0 Å². The molecular formula is C12H15BrN2O4. The second kappa shape index (κ2) is 9.23. The molecule has 4 N–H and O–H groups in total. The molecule has 0 fully saturated rings. The molecule has 1 amide bonds. The predicted molar refractivity (Wildman–Crippen MR) is 73.3 cm³/mol. The van der Waals surface area contributed by atoms with Gasteiger partial charge in [-0.05, 0) is 25.1 Å². The molecular weight excluding hydrogens is 316 g/mol. The van der Waals surface area contributed by atoms with Crippen LogP contribution in [0, 0.1) is 0 Å². The molecule has 0 aliphatic heterocycles. The molecule has 6 nitrogen and oxygen atoms in total. The van der Waals surface area contributed by atoms with Crippen LogP contribution in [-0.4, -0.2) is 30.8 Å². The van der Waals surface area contributed by atoms with Gasteiger partial charge in [0.25, 0.3) is 0 Å². The van der Waals surface area contributed by atoms with E-state index >= 15 is 0 Å². The number of benzene rings is 1. The molecule has 0 spiro atoms. The topological polar surface area (TPSA) is 112 Å². The third-order valence-corrected chi connectivity index (χ3v) is 2.31. The molecule has 1 unspecified atom stereocenters. The van der Waals surface area contributed by atoms with E-state index in [2.05, 4.69) is 20.7 Å². The molecule has 0 radical (unpaired) electrons. The first kappa shape index (κ1) is 17.3. The van der Waals surface area contributed by atoms with Crippen molar-refractivity contribution in [3.05, 3.63) is 34.3 Å². The van der Waals surface area contributed by atoms with Crippen LogP contribution in [0.1, 0.15) is 17.3 Å². The fourth-order valence-corrected chi connectivity index (χ4v) is 1.34. The maximum absolute atomic E-state index is 10.6. The maximum atomic E-state index is 10.6. The van der Waals surface area contributed by atoms with E-state index in [-0.39, 0.29) is 6.61 Å². The second-order valence-corrected chi connectivity index (χ2v) is 4.20. The van der Waals surface area contributed by atoms with Crippen LogP contribution in [0.15, 0.2) is 28.7 Å². The number of aldehydes is 1. The lowest BCUT2D eigenvalue weighted by molar-refractivity contribution is -0.145. The number of carbonyl (C=O) groups excluding carboxylic acids is 3. The molecule has 1 aromatic rings. The molecule has 0 heterocycles. The highest BCUT2D eigenvalue weighted by Crippen LogP contribution is 2.10. The zero-order valence-electron chi connectivity index (χ0n) is 10.3. The number of halogens is 1. The van der Waals surface area contributed by atoms with E-state index in [1.807, 2.05) is 6.07 Å². The van der Waals surface area contributed by atoms with Gasteiger partial charge in [-0.3, -0.25) is 4.79 Å². The number of hydrogen-bond donors (Lipinski definition) is 2. The number of ether oxygens (including phenoxy) is 1. The Labute approximate surface area is 119 Å². The Balaban J connectivity index is 0.000000344. The number of amides is 1. The van der Waals surface area contributed by atoms with E-state index < -0.39 is 17.9 Å². The minimum Gasteiger partial charge on any atom is -0.464 e. The number of hydrogen-bond acceptors (Lipinski definition) is 5. The van der Waals surface area contributed by atoms with Crippen molar-refractivity contribution in [1.29, 1.82) is 0 Å². The van der Waals surface area contributed by atoms with E-state index in [1.54, 1.807) is 25.1 Å². The molecule has 0 aromatic heterocycles. The highest BCUT2D eigenvalue weighted by Gasteiger charge is 2.11. The summed E-state index contributed by atoms with van der Waals surface area (Å²) in [5.74, 6) is -1.08. The highest BCUT2D eigenvalue weighted by atomic mass is 79.9. The van der Waals surface area contributed by atoms with Crippen molar-refractivity contribution in [3.63, 3.8) is 0 Å². The summed E-state index contributed by atoms with van der Waals surface area (Å²) in [6.07, 6.45) is 0.345. The van der Waals surface area contributed by atoms with Crippen molar-refractivity contribution >= 4 is 34.1 Å². The van der Waals surface area contributed by atoms with Gasteiger partial charge >= 0.3 is 5.97 Å². The molecule has 1 aromatic carbocycles. The summed E-state index contributed by atoms with van der Waals surface area (Å²) < 4.78 is 5.26. The van der Waals surface area contributed by atoms with E-state index in [0.717, 1.165) is 4.47 Å². The highest BCUT2D eigenvalue weighted by molar-refractivity contribution is 9.10. The van der Waals surface area contributed by atoms with Crippen LogP contribution < -0.4 is 11.5 Å². The maximum Gasteiger partial charge on any atom is 0.330 e. The van der Waals surface area contributed by atoms with Gasteiger partial charge in [-0.15, -0.1) is 0 Å². The van der Waals surface area contributed by atoms with Crippen LogP contribution in [0.2, 0.25) is 0 Å².